The van der Waals surface area contributed by atoms with Crippen molar-refractivity contribution >= 4 is 21.6 Å². The Morgan fingerprint density at radius 2 is 1.69 bits per heavy atom. The fourth-order valence-corrected chi connectivity index (χ4v) is 3.04. The minimum atomic E-state index is -4.45. The maximum Gasteiger partial charge on any atom is 0.416 e. The van der Waals surface area contributed by atoms with Gasteiger partial charge in [0.05, 0.1) is 11.3 Å². The molecule has 0 aliphatic heterocycles. The van der Waals surface area contributed by atoms with E-state index in [9.17, 15) is 26.4 Å². The lowest BCUT2D eigenvalue weighted by molar-refractivity contribution is -0.137. The highest BCUT2D eigenvalue weighted by molar-refractivity contribution is 7.89. The first kappa shape index (κ1) is 19.8. The summed E-state index contributed by atoms with van der Waals surface area (Å²) in [7, 11) is -3.21. The first-order valence-corrected chi connectivity index (χ1v) is 9.57. The number of carbonyl (C=O) groups excluding carboxylic acids is 1. The summed E-state index contributed by atoms with van der Waals surface area (Å²) >= 11 is 0. The van der Waals surface area contributed by atoms with Crippen molar-refractivity contribution in [1.29, 1.82) is 0 Å². The Balaban J connectivity index is 1.96. The predicted molar refractivity (Wildman–Crippen MR) is 92.3 cm³/mol. The third-order valence-corrected chi connectivity index (χ3v) is 4.18. The van der Waals surface area contributed by atoms with E-state index in [2.05, 4.69) is 10.6 Å². The molecule has 5 nitrogen and oxygen atoms in total. The quantitative estimate of drug-likeness (QED) is 0.825. The highest BCUT2D eigenvalue weighted by Gasteiger charge is 2.30. The maximum atomic E-state index is 12.7. The molecule has 2 aromatic carbocycles. The number of rotatable bonds is 5. The topological polar surface area (TPSA) is 75.3 Å². The van der Waals surface area contributed by atoms with Crippen molar-refractivity contribution in [2.75, 3.05) is 11.6 Å². The summed E-state index contributed by atoms with van der Waals surface area (Å²) < 4.78 is 60.6. The first-order valence-electron chi connectivity index (χ1n) is 7.50. The molecule has 0 unspecified atom stereocenters. The van der Waals surface area contributed by atoms with Crippen LogP contribution in [0.2, 0.25) is 0 Å². The van der Waals surface area contributed by atoms with Crippen LogP contribution >= 0.6 is 0 Å². The Hall–Kier alpha value is -2.55. The second kappa shape index (κ2) is 7.77. The molecule has 140 valence electrons. The van der Waals surface area contributed by atoms with Gasteiger partial charge < -0.3 is 10.6 Å². The number of benzene rings is 2. The zero-order valence-electron chi connectivity index (χ0n) is 13.8. The van der Waals surface area contributed by atoms with Gasteiger partial charge in [0.2, 0.25) is 0 Å². The third-order valence-electron chi connectivity index (χ3n) is 3.32. The number of sulfone groups is 1. The monoisotopic (exact) mass is 386 g/mol. The number of anilines is 1. The van der Waals surface area contributed by atoms with Gasteiger partial charge in [-0.05, 0) is 35.4 Å². The molecule has 0 fully saturated rings. The van der Waals surface area contributed by atoms with E-state index in [0.29, 0.717) is 16.8 Å². The summed E-state index contributed by atoms with van der Waals surface area (Å²) in [6.45, 7) is -0.0845. The van der Waals surface area contributed by atoms with Crippen LogP contribution in [-0.4, -0.2) is 20.7 Å². The molecule has 0 saturated heterocycles. The summed E-state index contributed by atoms with van der Waals surface area (Å²) in [6.07, 6.45) is -3.34. The standard InChI is InChI=1S/C17H17F3N2O3S/c1-26(24,25)11-13-5-3-7-15(9-13)22-16(23)21-10-12-4-2-6-14(8-12)17(18,19)20/h2-9H,10-11H2,1H3,(H2,21,22,23). The van der Waals surface area contributed by atoms with Gasteiger partial charge in [0, 0.05) is 18.5 Å². The Kier molecular flexibility index (Phi) is 5.91. The number of carbonyl (C=O) groups is 1. The van der Waals surface area contributed by atoms with Gasteiger partial charge in [0.25, 0.3) is 0 Å². The minimum Gasteiger partial charge on any atom is -0.334 e. The van der Waals surface area contributed by atoms with Crippen molar-refractivity contribution in [1.82, 2.24) is 5.32 Å². The third kappa shape index (κ3) is 6.40. The van der Waals surface area contributed by atoms with Crippen molar-refractivity contribution < 1.29 is 26.4 Å². The molecule has 0 aliphatic carbocycles. The van der Waals surface area contributed by atoms with Gasteiger partial charge >= 0.3 is 12.2 Å². The maximum absolute atomic E-state index is 12.7. The molecule has 0 radical (unpaired) electrons. The highest BCUT2D eigenvalue weighted by Crippen LogP contribution is 2.29. The molecule has 0 aliphatic rings. The van der Waals surface area contributed by atoms with Gasteiger partial charge in [-0.25, -0.2) is 13.2 Å². The van der Waals surface area contributed by atoms with Crippen LogP contribution in [0.5, 0.6) is 0 Å². The molecule has 2 aromatic rings. The number of amides is 2. The largest absolute Gasteiger partial charge is 0.416 e. The molecular formula is C17H17F3N2O3S. The van der Waals surface area contributed by atoms with Crippen LogP contribution in [0.4, 0.5) is 23.7 Å². The average molecular weight is 386 g/mol. The highest BCUT2D eigenvalue weighted by atomic mass is 32.2. The van der Waals surface area contributed by atoms with E-state index in [1.165, 1.54) is 18.2 Å². The van der Waals surface area contributed by atoms with Crippen molar-refractivity contribution in [3.63, 3.8) is 0 Å². The van der Waals surface area contributed by atoms with E-state index in [-0.39, 0.29) is 12.3 Å². The fourth-order valence-electron chi connectivity index (χ4n) is 2.26. The molecule has 0 saturated carbocycles. The number of hydrogen-bond acceptors (Lipinski definition) is 3. The Morgan fingerprint density at radius 1 is 1.04 bits per heavy atom. The van der Waals surface area contributed by atoms with Crippen LogP contribution in [0.25, 0.3) is 0 Å². The second-order valence-electron chi connectivity index (χ2n) is 5.78. The normalized spacial score (nSPS) is 11.8. The van der Waals surface area contributed by atoms with Crippen molar-refractivity contribution in [2.24, 2.45) is 0 Å². The summed E-state index contributed by atoms with van der Waals surface area (Å²) in [4.78, 5) is 11.9. The molecule has 2 rings (SSSR count). The molecule has 0 heterocycles. The van der Waals surface area contributed by atoms with E-state index < -0.39 is 27.6 Å². The van der Waals surface area contributed by atoms with Crippen LogP contribution in [0.3, 0.4) is 0 Å². The fraction of sp³-hybridized carbons (Fsp3) is 0.235. The lowest BCUT2D eigenvalue weighted by Crippen LogP contribution is -2.28. The first-order chi connectivity index (χ1) is 12.0. The molecule has 9 heteroatoms. The predicted octanol–water partition coefficient (Wildman–Crippen LogP) is 3.57. The minimum absolute atomic E-state index is 0.0845. The smallest absolute Gasteiger partial charge is 0.334 e. The Bertz CT molecular complexity index is 896. The Morgan fingerprint density at radius 3 is 2.35 bits per heavy atom. The van der Waals surface area contributed by atoms with Gasteiger partial charge in [-0.15, -0.1) is 0 Å². The molecule has 0 spiro atoms. The molecular weight excluding hydrogens is 369 g/mol. The summed E-state index contributed by atoms with van der Waals surface area (Å²) in [5.74, 6) is -0.158. The van der Waals surface area contributed by atoms with Crippen molar-refractivity contribution in [2.45, 2.75) is 18.5 Å². The molecule has 26 heavy (non-hydrogen) atoms. The van der Waals surface area contributed by atoms with Gasteiger partial charge in [-0.1, -0.05) is 24.3 Å². The zero-order valence-corrected chi connectivity index (χ0v) is 14.6. The SMILES string of the molecule is CS(=O)(=O)Cc1cccc(NC(=O)NCc2cccc(C(F)(F)F)c2)c1. The summed E-state index contributed by atoms with van der Waals surface area (Å²) in [5.41, 5.74) is 0.419. The van der Waals surface area contributed by atoms with E-state index >= 15 is 0 Å². The number of nitrogens with one attached hydrogen (secondary N) is 2. The molecule has 0 aromatic heterocycles. The van der Waals surface area contributed by atoms with E-state index in [1.807, 2.05) is 0 Å². The van der Waals surface area contributed by atoms with Crippen LogP contribution in [-0.2, 0) is 28.3 Å². The average Bonchev–Trinajstić information content (AvgIpc) is 2.51. The number of alkyl halides is 3. The van der Waals surface area contributed by atoms with Crippen molar-refractivity contribution in [3.05, 3.63) is 65.2 Å². The van der Waals surface area contributed by atoms with Crippen molar-refractivity contribution in [3.8, 4) is 0 Å². The Labute approximate surface area is 149 Å². The van der Waals surface area contributed by atoms with Gasteiger partial charge in [0.15, 0.2) is 9.84 Å². The lowest BCUT2D eigenvalue weighted by atomic mass is 10.1. The number of halogens is 3. The second-order valence-corrected chi connectivity index (χ2v) is 7.92. The van der Waals surface area contributed by atoms with Crippen LogP contribution < -0.4 is 10.6 Å². The zero-order chi connectivity index (χ0) is 19.4. The molecule has 2 amide bonds. The van der Waals surface area contributed by atoms with E-state index in [0.717, 1.165) is 18.4 Å². The number of hydrogen-bond donors (Lipinski definition) is 2. The van der Waals surface area contributed by atoms with E-state index in [4.69, 9.17) is 0 Å². The molecule has 2 N–H and O–H groups in total. The van der Waals surface area contributed by atoms with Gasteiger partial charge in [0.1, 0.15) is 0 Å². The lowest BCUT2D eigenvalue weighted by Gasteiger charge is -2.11. The summed E-state index contributed by atoms with van der Waals surface area (Å²) in [6, 6.07) is 10.4. The number of urea groups is 1. The molecule has 0 bridgehead atoms. The van der Waals surface area contributed by atoms with Crippen LogP contribution in [0.1, 0.15) is 16.7 Å². The van der Waals surface area contributed by atoms with Crippen LogP contribution in [0, 0.1) is 0 Å². The molecule has 0 atom stereocenters. The van der Waals surface area contributed by atoms with E-state index in [1.54, 1.807) is 18.2 Å². The van der Waals surface area contributed by atoms with Gasteiger partial charge in [-0.3, -0.25) is 0 Å². The van der Waals surface area contributed by atoms with Gasteiger partial charge in [-0.2, -0.15) is 13.2 Å². The van der Waals surface area contributed by atoms with Crippen LogP contribution in [0.15, 0.2) is 48.5 Å². The summed E-state index contributed by atoms with van der Waals surface area (Å²) in [5, 5.41) is 4.97.